The highest BCUT2D eigenvalue weighted by atomic mass is 32.3. The first kappa shape index (κ1) is 31.2. The lowest BCUT2D eigenvalue weighted by atomic mass is 9.49. The summed E-state index contributed by atoms with van der Waals surface area (Å²) in [5, 5.41) is 0. The Morgan fingerprint density at radius 2 is 1.31 bits per heavy atom. The molecule has 2 heterocycles. The summed E-state index contributed by atoms with van der Waals surface area (Å²) in [4.78, 5) is 3.05. The Morgan fingerprint density at radius 3 is 2.04 bits per heavy atom. The van der Waals surface area contributed by atoms with Crippen LogP contribution >= 0.6 is 10.0 Å². The van der Waals surface area contributed by atoms with Crippen LogP contribution < -0.4 is 5.46 Å². The maximum Gasteiger partial charge on any atom is 0.494 e. The second-order valence-electron chi connectivity index (χ2n) is 17.2. The van der Waals surface area contributed by atoms with Gasteiger partial charge in [-0.3, -0.25) is 0 Å². The molecule has 2 nitrogen and oxygen atoms in total. The molecule has 2 bridgehead atoms. The molecule has 2 aliphatic heterocycles. The van der Waals surface area contributed by atoms with Gasteiger partial charge in [-0.05, 0) is 158 Å². The van der Waals surface area contributed by atoms with Crippen molar-refractivity contribution < 1.29 is 9.31 Å². The highest BCUT2D eigenvalue weighted by molar-refractivity contribution is 8.33. The average Bonchev–Trinajstić information content (AvgIpc) is 3.58. The lowest BCUT2D eigenvalue weighted by Crippen LogP contribution is -2.50. The van der Waals surface area contributed by atoms with E-state index in [1.165, 1.54) is 86.3 Å². The maximum absolute atomic E-state index is 6.64. The van der Waals surface area contributed by atoms with Crippen LogP contribution in [0.15, 0.2) is 88.7 Å². The van der Waals surface area contributed by atoms with E-state index in [9.17, 15) is 0 Å². The molecule has 2 saturated carbocycles. The van der Waals surface area contributed by atoms with Crippen LogP contribution in [0.1, 0.15) is 84.8 Å². The number of rotatable bonds is 3. The van der Waals surface area contributed by atoms with Crippen molar-refractivity contribution in [2.45, 2.75) is 100 Å². The highest BCUT2D eigenvalue weighted by Gasteiger charge is 2.58. The summed E-state index contributed by atoms with van der Waals surface area (Å²) in [5.74, 6) is 2.89. The van der Waals surface area contributed by atoms with Gasteiger partial charge in [0.25, 0.3) is 0 Å². The fourth-order valence-electron chi connectivity index (χ4n) is 10.8. The number of benzene rings is 4. The maximum atomic E-state index is 6.64. The fraction of sp³-hybridized carbons (Fsp3) is 0.455. The molecule has 0 N–H and O–H groups in total. The van der Waals surface area contributed by atoms with E-state index in [2.05, 4.69) is 133 Å². The van der Waals surface area contributed by atoms with Gasteiger partial charge in [-0.1, -0.05) is 80.9 Å². The lowest BCUT2D eigenvalue weighted by molar-refractivity contribution is 0.00578. The SMILES string of the molecule is CCC1CC2CC(C)C3(c4cc(B5OC(C)(C)C(C)(C)O5)ccc4-c4ccc(-c5ccc6c(c5)S(C)(C)c5ccccc5-6)cc43)C(C1)C2. The smallest absolute Gasteiger partial charge is 0.399 e. The number of fused-ring (bicyclic) bond motifs is 11. The minimum absolute atomic E-state index is 0.00213. The fourth-order valence-corrected chi connectivity index (χ4v) is 13.4. The first-order valence-electron chi connectivity index (χ1n) is 18.5. The Labute approximate surface area is 290 Å². The van der Waals surface area contributed by atoms with Gasteiger partial charge in [0.2, 0.25) is 0 Å². The summed E-state index contributed by atoms with van der Waals surface area (Å²) in [7, 11) is -1.41. The largest absolute Gasteiger partial charge is 0.494 e. The number of hydrogen-bond donors (Lipinski definition) is 0. The van der Waals surface area contributed by atoms with Gasteiger partial charge in [-0.2, -0.15) is 10.0 Å². The third-order valence-electron chi connectivity index (χ3n) is 13.9. The molecule has 4 heteroatoms. The van der Waals surface area contributed by atoms with Gasteiger partial charge in [-0.15, -0.1) is 0 Å². The van der Waals surface area contributed by atoms with Crippen molar-refractivity contribution in [3.05, 3.63) is 90.0 Å². The molecule has 5 aliphatic rings. The molecule has 5 unspecified atom stereocenters. The van der Waals surface area contributed by atoms with Crippen LogP contribution in [0, 0.1) is 23.7 Å². The normalized spacial score (nSPS) is 30.5. The lowest BCUT2D eigenvalue weighted by Gasteiger charge is -2.55. The molecule has 248 valence electrons. The first-order valence-corrected chi connectivity index (χ1v) is 20.9. The molecule has 0 amide bonds. The Bertz CT molecular complexity index is 1960. The van der Waals surface area contributed by atoms with Gasteiger partial charge in [-0.25, -0.2) is 0 Å². The second kappa shape index (κ2) is 10.4. The minimum atomic E-state index is -1.06. The highest BCUT2D eigenvalue weighted by Crippen LogP contribution is 2.68. The predicted molar refractivity (Wildman–Crippen MR) is 204 cm³/mol. The van der Waals surface area contributed by atoms with E-state index in [0.29, 0.717) is 11.8 Å². The molecule has 1 spiro atoms. The van der Waals surface area contributed by atoms with Crippen molar-refractivity contribution >= 4 is 22.6 Å². The van der Waals surface area contributed by atoms with Crippen LogP contribution in [0.4, 0.5) is 0 Å². The van der Waals surface area contributed by atoms with Crippen LogP contribution in [-0.2, 0) is 14.7 Å². The van der Waals surface area contributed by atoms with Crippen LogP contribution in [0.25, 0.3) is 33.4 Å². The van der Waals surface area contributed by atoms with E-state index < -0.39 is 10.0 Å². The molecule has 5 atom stereocenters. The van der Waals surface area contributed by atoms with Gasteiger partial charge in [0.1, 0.15) is 0 Å². The van der Waals surface area contributed by atoms with Crippen molar-refractivity contribution in [1.29, 1.82) is 0 Å². The van der Waals surface area contributed by atoms with Gasteiger partial charge in [0.15, 0.2) is 0 Å². The molecule has 48 heavy (non-hydrogen) atoms. The number of hydrogen-bond acceptors (Lipinski definition) is 2. The topological polar surface area (TPSA) is 18.5 Å². The zero-order valence-corrected chi connectivity index (χ0v) is 31.0. The summed E-state index contributed by atoms with van der Waals surface area (Å²) < 4.78 is 13.3. The standard InChI is InChI=1S/C44H51BO2S/c1-9-28-21-29-20-27(2)44(32(22-28)23-29)38-24-30(31-15-18-37-36-12-10-11-13-40(36)48(7,8)41(37)25-31)14-17-34(38)35-19-16-33(26-39(35)44)45-46-42(3,4)43(5,6)47-45/h10-19,24-29,32H,9,20-23H2,1-8H3. The van der Waals surface area contributed by atoms with Gasteiger partial charge in [0.05, 0.1) is 11.2 Å². The minimum Gasteiger partial charge on any atom is -0.399 e. The molecule has 4 aromatic carbocycles. The van der Waals surface area contributed by atoms with E-state index in [1.807, 2.05) is 0 Å². The second-order valence-corrected chi connectivity index (χ2v) is 20.8. The van der Waals surface area contributed by atoms with Crippen molar-refractivity contribution in [2.24, 2.45) is 23.7 Å². The van der Waals surface area contributed by atoms with Crippen molar-refractivity contribution in [1.82, 2.24) is 0 Å². The zero-order chi connectivity index (χ0) is 33.4. The third kappa shape index (κ3) is 4.15. The Balaban J connectivity index is 1.20. The molecule has 0 aromatic heterocycles. The van der Waals surface area contributed by atoms with E-state index >= 15 is 0 Å². The molecular weight excluding hydrogens is 603 g/mol. The summed E-state index contributed by atoms with van der Waals surface area (Å²) >= 11 is 0. The van der Waals surface area contributed by atoms with Crippen LogP contribution in [0.5, 0.6) is 0 Å². The summed E-state index contributed by atoms with van der Waals surface area (Å²) in [6, 6.07) is 31.1. The molecular formula is C44H51BO2S. The van der Waals surface area contributed by atoms with Gasteiger partial charge >= 0.3 is 7.12 Å². The Kier molecular flexibility index (Phi) is 6.75. The Morgan fingerprint density at radius 1 is 0.688 bits per heavy atom. The van der Waals surface area contributed by atoms with E-state index in [-0.39, 0.29) is 23.7 Å². The molecule has 0 radical (unpaired) electrons. The van der Waals surface area contributed by atoms with Crippen LogP contribution in [0.2, 0.25) is 0 Å². The monoisotopic (exact) mass is 654 g/mol. The van der Waals surface area contributed by atoms with E-state index in [0.717, 1.165) is 11.8 Å². The van der Waals surface area contributed by atoms with Gasteiger partial charge < -0.3 is 9.31 Å². The summed E-state index contributed by atoms with van der Waals surface area (Å²) in [6.45, 7) is 13.6. The van der Waals surface area contributed by atoms with Crippen molar-refractivity contribution in [3.63, 3.8) is 0 Å². The van der Waals surface area contributed by atoms with Crippen LogP contribution in [-0.4, -0.2) is 30.8 Å². The summed E-state index contributed by atoms with van der Waals surface area (Å²) in [5.41, 5.74) is 12.0. The predicted octanol–water partition coefficient (Wildman–Crippen LogP) is 10.9. The quantitative estimate of drug-likeness (QED) is 0.205. The van der Waals surface area contributed by atoms with Crippen molar-refractivity contribution in [2.75, 3.05) is 12.5 Å². The van der Waals surface area contributed by atoms with Crippen LogP contribution in [0.3, 0.4) is 0 Å². The molecule has 9 rings (SSSR count). The third-order valence-corrected chi connectivity index (χ3v) is 16.8. The van der Waals surface area contributed by atoms with Crippen molar-refractivity contribution in [3.8, 4) is 33.4 Å². The molecule has 4 aromatic rings. The average molecular weight is 655 g/mol. The van der Waals surface area contributed by atoms with Gasteiger partial charge in [0, 0.05) is 15.2 Å². The molecule has 1 saturated heterocycles. The van der Waals surface area contributed by atoms with E-state index in [4.69, 9.17) is 9.31 Å². The summed E-state index contributed by atoms with van der Waals surface area (Å²) in [6.07, 6.45) is 11.6. The first-order chi connectivity index (χ1) is 22.8. The van der Waals surface area contributed by atoms with E-state index in [1.54, 1.807) is 5.56 Å². The molecule has 3 fully saturated rings. The Hall–Kier alpha value is -2.79. The zero-order valence-electron chi connectivity index (χ0n) is 30.2. The molecule has 3 aliphatic carbocycles.